The third-order valence-corrected chi connectivity index (χ3v) is 9.32. The molecule has 0 fully saturated rings. The van der Waals surface area contributed by atoms with Gasteiger partial charge in [-0.15, -0.1) is 0 Å². The molecule has 0 saturated carbocycles. The molecule has 3 aromatic carbocycles. The lowest BCUT2D eigenvalue weighted by Crippen LogP contribution is -2.55. The van der Waals surface area contributed by atoms with E-state index in [4.69, 9.17) is 37.5 Å². The number of amides is 2. The summed E-state index contributed by atoms with van der Waals surface area (Å²) >= 11 is 12.3. The number of esters is 2. The van der Waals surface area contributed by atoms with Gasteiger partial charge in [0.15, 0.2) is 12.4 Å². The van der Waals surface area contributed by atoms with Gasteiger partial charge in [0.25, 0.3) is 11.8 Å². The minimum atomic E-state index is -1.70. The first-order chi connectivity index (χ1) is 26.0. The highest BCUT2D eigenvalue weighted by molar-refractivity contribution is 6.39. The Bertz CT molecular complexity index is 2100. The number of pyridine rings is 1. The maximum Gasteiger partial charge on any atom is 0.341 e. The number of rotatable bonds is 14. The number of halogens is 2. The molecule has 2 heterocycles. The molecule has 1 aliphatic rings. The Balaban J connectivity index is 1.39. The van der Waals surface area contributed by atoms with Crippen LogP contribution in [0.1, 0.15) is 73.9 Å². The lowest BCUT2D eigenvalue weighted by molar-refractivity contribution is -0.157. The Morgan fingerprint density at radius 3 is 2.22 bits per heavy atom. The van der Waals surface area contributed by atoms with Crippen LogP contribution in [0.25, 0.3) is 10.9 Å². The zero-order valence-electron chi connectivity index (χ0n) is 31.1. The fourth-order valence-corrected chi connectivity index (χ4v) is 6.57. The molecular formula is C41H42Cl2N4O8. The van der Waals surface area contributed by atoms with Crippen molar-refractivity contribution in [1.29, 1.82) is 0 Å². The van der Waals surface area contributed by atoms with Crippen LogP contribution in [-0.4, -0.2) is 70.1 Å². The first-order valence-electron chi connectivity index (χ1n) is 17.7. The highest BCUT2D eigenvalue weighted by atomic mass is 35.5. The Morgan fingerprint density at radius 2 is 1.55 bits per heavy atom. The molecule has 2 N–H and O–H groups in total. The molecule has 1 aromatic heterocycles. The van der Waals surface area contributed by atoms with Crippen LogP contribution in [-0.2, 0) is 35.1 Å². The molecule has 1 aliphatic heterocycles. The third-order valence-electron chi connectivity index (χ3n) is 8.69. The monoisotopic (exact) mass is 788 g/mol. The van der Waals surface area contributed by atoms with Crippen molar-refractivity contribution in [2.45, 2.75) is 77.2 Å². The molecule has 5 rings (SSSR count). The van der Waals surface area contributed by atoms with Crippen LogP contribution >= 0.6 is 23.2 Å². The molecule has 288 valence electrons. The summed E-state index contributed by atoms with van der Waals surface area (Å²) in [6.07, 6.45) is -0.634. The first kappa shape index (κ1) is 40.8. The number of oxime groups is 1. The van der Waals surface area contributed by atoms with Crippen LogP contribution in [0.5, 0.6) is 0 Å². The van der Waals surface area contributed by atoms with E-state index in [1.54, 1.807) is 45.0 Å². The molecule has 3 atom stereocenters. The van der Waals surface area contributed by atoms with Crippen molar-refractivity contribution < 1.29 is 38.3 Å². The lowest BCUT2D eigenvalue weighted by Gasteiger charge is -2.29. The number of benzene rings is 3. The normalized spacial score (nSPS) is 16.4. The van der Waals surface area contributed by atoms with Crippen molar-refractivity contribution in [3.8, 4) is 0 Å². The third kappa shape index (κ3) is 10.5. The lowest BCUT2D eigenvalue weighted by atomic mass is 9.84. The quantitative estimate of drug-likeness (QED) is 0.133. The average Bonchev–Trinajstić information content (AvgIpc) is 3.56. The van der Waals surface area contributed by atoms with Gasteiger partial charge in [-0.2, -0.15) is 0 Å². The topological polar surface area (TPSA) is 162 Å². The van der Waals surface area contributed by atoms with Gasteiger partial charge >= 0.3 is 11.9 Å². The standard InChI is InChI=1S/C41H42Cl2N4O8/c1-24(2)36(46-37(50)30-19-18-26-14-9-10-17-29(26)44-30)32-22-41(55-47-32,21-25-12-7-6-8-13-25)39(52)45-31(20-34(49)54-40(3,4)5)33(48)23-53-38(51)35-27(42)15-11-16-28(35)43/h6-19,24,31,36H,20-23H2,1-5H3,(H,45,52)(H,46,50)/t31-,36-,41?/m0/s1. The number of carbonyl (C=O) groups is 5. The number of aromatic nitrogens is 1. The predicted octanol–water partition coefficient (Wildman–Crippen LogP) is 6.70. The van der Waals surface area contributed by atoms with Gasteiger partial charge in [-0.1, -0.05) is 103 Å². The number of hydrogen-bond acceptors (Lipinski definition) is 10. The van der Waals surface area contributed by atoms with E-state index < -0.39 is 65.8 Å². The fraction of sp³-hybridized carbons (Fsp3) is 0.341. The summed E-state index contributed by atoms with van der Waals surface area (Å²) in [4.78, 5) is 78.1. The number of nitrogens with one attached hydrogen (secondary N) is 2. The number of Topliss-reactive ketones (excluding diaryl/α,β-unsaturated/α-hetero) is 1. The summed E-state index contributed by atoms with van der Waals surface area (Å²) in [6.45, 7) is 7.95. The van der Waals surface area contributed by atoms with Gasteiger partial charge in [0.1, 0.15) is 17.3 Å². The van der Waals surface area contributed by atoms with Crippen LogP contribution in [0.2, 0.25) is 10.0 Å². The molecule has 0 radical (unpaired) electrons. The van der Waals surface area contributed by atoms with Crippen LogP contribution in [0.4, 0.5) is 0 Å². The van der Waals surface area contributed by atoms with Gasteiger partial charge in [-0.3, -0.25) is 19.2 Å². The Morgan fingerprint density at radius 1 is 0.873 bits per heavy atom. The van der Waals surface area contributed by atoms with E-state index in [0.29, 0.717) is 11.2 Å². The number of para-hydroxylation sites is 1. The van der Waals surface area contributed by atoms with Crippen LogP contribution in [0, 0.1) is 5.92 Å². The van der Waals surface area contributed by atoms with E-state index >= 15 is 0 Å². The van der Waals surface area contributed by atoms with Crippen molar-refractivity contribution in [3.63, 3.8) is 0 Å². The molecule has 1 unspecified atom stereocenters. The van der Waals surface area contributed by atoms with Gasteiger partial charge in [0.2, 0.25) is 5.60 Å². The van der Waals surface area contributed by atoms with Crippen molar-refractivity contribution in [2.75, 3.05) is 6.61 Å². The summed E-state index contributed by atoms with van der Waals surface area (Å²) in [6, 6.07) is 22.2. The molecule has 55 heavy (non-hydrogen) atoms. The van der Waals surface area contributed by atoms with Gasteiger partial charge in [-0.25, -0.2) is 9.78 Å². The summed E-state index contributed by atoms with van der Waals surface area (Å²) in [5, 5.41) is 10.9. The van der Waals surface area contributed by atoms with Gasteiger partial charge in [0.05, 0.1) is 39.3 Å². The minimum absolute atomic E-state index is 0.0185. The highest BCUT2D eigenvalue weighted by Crippen LogP contribution is 2.32. The molecule has 0 aliphatic carbocycles. The number of fused-ring (bicyclic) bond motifs is 1. The molecular weight excluding hydrogens is 747 g/mol. The maximum atomic E-state index is 14.5. The van der Waals surface area contributed by atoms with E-state index in [-0.39, 0.29) is 40.1 Å². The zero-order chi connectivity index (χ0) is 39.9. The van der Waals surface area contributed by atoms with Crippen molar-refractivity contribution >= 4 is 69.4 Å². The molecule has 0 spiro atoms. The number of ketones is 1. The van der Waals surface area contributed by atoms with Crippen LogP contribution < -0.4 is 10.6 Å². The Labute approximate surface area is 328 Å². The van der Waals surface area contributed by atoms with Gasteiger partial charge < -0.3 is 24.9 Å². The molecule has 0 bridgehead atoms. The number of nitrogens with zero attached hydrogens (tertiary/aromatic N) is 2. The van der Waals surface area contributed by atoms with E-state index in [1.165, 1.54) is 12.1 Å². The van der Waals surface area contributed by atoms with E-state index in [1.807, 2.05) is 62.4 Å². The molecule has 2 amide bonds. The smallest absolute Gasteiger partial charge is 0.341 e. The van der Waals surface area contributed by atoms with Gasteiger partial charge in [-0.05, 0) is 56.5 Å². The predicted molar refractivity (Wildman–Crippen MR) is 208 cm³/mol. The van der Waals surface area contributed by atoms with Crippen LogP contribution in [0.3, 0.4) is 0 Å². The van der Waals surface area contributed by atoms with Crippen molar-refractivity contribution in [1.82, 2.24) is 15.6 Å². The molecule has 0 saturated heterocycles. The maximum absolute atomic E-state index is 14.5. The average molecular weight is 790 g/mol. The zero-order valence-corrected chi connectivity index (χ0v) is 32.6. The summed E-state index contributed by atoms with van der Waals surface area (Å²) in [5.41, 5.74) is -0.764. The Hall–Kier alpha value is -5.33. The largest absolute Gasteiger partial charge is 0.460 e. The number of carbonyl (C=O) groups excluding carboxylic acids is 5. The number of ether oxygens (including phenoxy) is 2. The highest BCUT2D eigenvalue weighted by Gasteiger charge is 2.50. The molecule has 14 heteroatoms. The molecule has 4 aromatic rings. The summed E-state index contributed by atoms with van der Waals surface area (Å²) in [5.74, 6) is -3.94. The van der Waals surface area contributed by atoms with Gasteiger partial charge in [0, 0.05) is 18.2 Å². The fourth-order valence-electron chi connectivity index (χ4n) is 6.02. The number of hydrogen-bond donors (Lipinski definition) is 2. The minimum Gasteiger partial charge on any atom is -0.460 e. The van der Waals surface area contributed by atoms with E-state index in [9.17, 15) is 24.0 Å². The summed E-state index contributed by atoms with van der Waals surface area (Å²) in [7, 11) is 0. The van der Waals surface area contributed by atoms with E-state index in [0.717, 1.165) is 10.9 Å². The summed E-state index contributed by atoms with van der Waals surface area (Å²) < 4.78 is 10.7. The van der Waals surface area contributed by atoms with Crippen LogP contribution in [0.15, 0.2) is 90.1 Å². The first-order valence-corrected chi connectivity index (χ1v) is 18.4. The molecule has 12 nitrogen and oxygen atoms in total. The van der Waals surface area contributed by atoms with Crippen molar-refractivity contribution in [2.24, 2.45) is 11.1 Å². The van der Waals surface area contributed by atoms with E-state index in [2.05, 4.69) is 20.8 Å². The second-order valence-corrected chi connectivity index (χ2v) is 15.4. The Kier molecular flexibility index (Phi) is 12.9. The SMILES string of the molecule is CC(C)[C@H](NC(=O)c1ccc2ccccc2n1)C1=NOC(Cc2ccccc2)(C(=O)N[C@@H](CC(=O)OC(C)(C)C)C(=O)COC(=O)c2c(Cl)cccc2Cl)C1. The second-order valence-electron chi connectivity index (χ2n) is 14.5. The second kappa shape index (κ2) is 17.4. The van der Waals surface area contributed by atoms with Crippen molar-refractivity contribution in [3.05, 3.63) is 112 Å².